The number of amides is 2. The first kappa shape index (κ1) is 16.9. The molecule has 0 unspecified atom stereocenters. The van der Waals surface area contributed by atoms with Gasteiger partial charge in [-0.25, -0.2) is 15.1 Å². The molecule has 2 amide bonds. The van der Waals surface area contributed by atoms with Crippen molar-refractivity contribution in [1.29, 1.82) is 0 Å². The van der Waals surface area contributed by atoms with E-state index in [4.69, 9.17) is 9.68 Å². The first-order valence-electron chi connectivity index (χ1n) is 7.25. The van der Waals surface area contributed by atoms with Crippen molar-refractivity contribution in [3.05, 3.63) is 12.1 Å². The molecule has 3 N–H and O–H groups in total. The molecule has 9 heteroatoms. The number of hydroxylamine groups is 1. The minimum absolute atomic E-state index is 0.378. The molecule has 2 heterocycles. The van der Waals surface area contributed by atoms with E-state index < -0.39 is 35.4 Å². The average molecular weight is 327 g/mol. The number of nitrogens with zero attached hydrogens (tertiary/aromatic N) is 2. The third-order valence-electron chi connectivity index (χ3n) is 3.21. The lowest BCUT2D eigenvalue weighted by molar-refractivity contribution is -0.150. The van der Waals surface area contributed by atoms with Crippen molar-refractivity contribution >= 4 is 12.0 Å². The van der Waals surface area contributed by atoms with Crippen LogP contribution in [0.2, 0.25) is 0 Å². The van der Waals surface area contributed by atoms with Crippen LogP contribution >= 0.6 is 0 Å². The van der Waals surface area contributed by atoms with Crippen LogP contribution in [-0.2, 0) is 9.63 Å². The fourth-order valence-electron chi connectivity index (χ4n) is 2.16. The lowest BCUT2D eigenvalue weighted by atomic mass is 10.2. The third kappa shape index (κ3) is 4.07. The van der Waals surface area contributed by atoms with Crippen LogP contribution < -0.4 is 10.3 Å². The topological polar surface area (TPSA) is 113 Å². The van der Waals surface area contributed by atoms with Gasteiger partial charge in [-0.05, 0) is 33.6 Å². The van der Waals surface area contributed by atoms with Crippen LogP contribution in [0.25, 0.3) is 0 Å². The van der Waals surface area contributed by atoms with E-state index in [0.29, 0.717) is 24.1 Å². The maximum Gasteiger partial charge on any atom is 0.355 e. The molecular weight excluding hydrogens is 306 g/mol. The molecule has 128 valence electrons. The number of rotatable bonds is 3. The number of carbonyl (C=O) groups is 2. The van der Waals surface area contributed by atoms with Gasteiger partial charge < -0.3 is 20.0 Å². The van der Waals surface area contributed by atoms with E-state index >= 15 is 0 Å². The van der Waals surface area contributed by atoms with Gasteiger partial charge in [0.15, 0.2) is 0 Å². The van der Waals surface area contributed by atoms with Crippen LogP contribution in [0, 0.1) is 0 Å². The summed E-state index contributed by atoms with van der Waals surface area (Å²) in [4.78, 5) is 35.8. The molecule has 0 saturated carbocycles. The fraction of sp³-hybridized carbons (Fsp3) is 0.571. The summed E-state index contributed by atoms with van der Waals surface area (Å²) in [5.74, 6) is -1.59. The van der Waals surface area contributed by atoms with Gasteiger partial charge in [0.1, 0.15) is 6.04 Å². The summed E-state index contributed by atoms with van der Waals surface area (Å²) in [7, 11) is 0. The molecule has 0 spiro atoms. The molecule has 23 heavy (non-hydrogen) atoms. The zero-order chi connectivity index (χ0) is 17.2. The summed E-state index contributed by atoms with van der Waals surface area (Å²) in [5.41, 5.74) is 1.74. The smallest absolute Gasteiger partial charge is 0.355 e. The molecule has 1 aliphatic heterocycles. The molecule has 0 aliphatic carbocycles. The molecule has 2 rings (SSSR count). The lowest BCUT2D eigenvalue weighted by Gasteiger charge is -2.26. The first-order valence-corrected chi connectivity index (χ1v) is 7.25. The summed E-state index contributed by atoms with van der Waals surface area (Å²) in [6, 6.07) is 0.998. The zero-order valence-electron chi connectivity index (χ0n) is 13.3. The van der Waals surface area contributed by atoms with Gasteiger partial charge in [-0.15, -0.1) is 4.73 Å². The summed E-state index contributed by atoms with van der Waals surface area (Å²) in [6.45, 7) is 5.71. The van der Waals surface area contributed by atoms with E-state index in [2.05, 4.69) is 5.48 Å². The van der Waals surface area contributed by atoms with E-state index in [-0.39, 0.29) is 0 Å². The highest BCUT2D eigenvalue weighted by molar-refractivity contribution is 5.84. The van der Waals surface area contributed by atoms with Crippen LogP contribution in [0.5, 0.6) is 11.8 Å². The second-order valence-electron chi connectivity index (χ2n) is 6.23. The quantitative estimate of drug-likeness (QED) is 0.706. The van der Waals surface area contributed by atoms with Gasteiger partial charge in [0.2, 0.25) is 11.8 Å². The Kier molecular flexibility index (Phi) is 4.69. The molecule has 0 aromatic carbocycles. The lowest BCUT2D eigenvalue weighted by Crippen LogP contribution is -2.49. The number of likely N-dealkylation sites (tertiary alicyclic amines) is 1. The van der Waals surface area contributed by atoms with Gasteiger partial charge in [0.25, 0.3) is 0 Å². The van der Waals surface area contributed by atoms with E-state index in [1.54, 1.807) is 20.8 Å². The molecule has 1 aromatic heterocycles. The largest absolute Gasteiger partial charge is 0.492 e. The van der Waals surface area contributed by atoms with Crippen molar-refractivity contribution in [2.24, 2.45) is 0 Å². The van der Waals surface area contributed by atoms with Crippen LogP contribution in [0.15, 0.2) is 12.1 Å². The Balaban J connectivity index is 2.00. The number of aromatic nitrogens is 1. The third-order valence-corrected chi connectivity index (χ3v) is 3.21. The standard InChI is InChI=1S/C14H21N3O6/c1-14(2,3)23-15-13(21)16-8-4-5-9(16)12(20)22-17-10(18)6-7-11(17)19/h6-7,9,18-19H,4-5,8H2,1-3H3,(H,15,21)/t9-/m0/s1. The van der Waals surface area contributed by atoms with E-state index in [9.17, 15) is 19.8 Å². The van der Waals surface area contributed by atoms with Gasteiger partial charge >= 0.3 is 12.0 Å². The Morgan fingerprint density at radius 2 is 1.87 bits per heavy atom. The van der Waals surface area contributed by atoms with Crippen LogP contribution in [0.1, 0.15) is 33.6 Å². The van der Waals surface area contributed by atoms with Crippen molar-refractivity contribution < 1.29 is 29.5 Å². The van der Waals surface area contributed by atoms with Crippen molar-refractivity contribution in [2.45, 2.75) is 45.3 Å². The predicted molar refractivity (Wildman–Crippen MR) is 78.4 cm³/mol. The molecule has 0 bridgehead atoms. The number of aromatic hydroxyl groups is 2. The number of urea groups is 1. The molecule has 1 fully saturated rings. The number of nitrogens with one attached hydrogen (secondary N) is 1. The van der Waals surface area contributed by atoms with Crippen molar-refractivity contribution in [2.75, 3.05) is 6.54 Å². The predicted octanol–water partition coefficient (Wildman–Crippen LogP) is 0.759. The molecular formula is C14H21N3O6. The summed E-state index contributed by atoms with van der Waals surface area (Å²) in [6.07, 6.45) is 1.05. The fourth-order valence-corrected chi connectivity index (χ4v) is 2.16. The first-order chi connectivity index (χ1) is 10.7. The zero-order valence-corrected chi connectivity index (χ0v) is 13.3. The van der Waals surface area contributed by atoms with Crippen LogP contribution in [0.4, 0.5) is 4.79 Å². The average Bonchev–Trinajstić information content (AvgIpc) is 3.06. The minimum atomic E-state index is -0.820. The van der Waals surface area contributed by atoms with Gasteiger partial charge in [0.05, 0.1) is 5.60 Å². The summed E-state index contributed by atoms with van der Waals surface area (Å²) < 4.78 is 0.600. The maximum absolute atomic E-state index is 12.2. The van der Waals surface area contributed by atoms with Crippen molar-refractivity contribution in [3.8, 4) is 11.8 Å². The Hall–Kier alpha value is -2.42. The molecule has 1 aromatic rings. The van der Waals surface area contributed by atoms with Gasteiger partial charge in [0, 0.05) is 18.7 Å². The van der Waals surface area contributed by atoms with Crippen LogP contribution in [-0.4, -0.2) is 50.0 Å². The highest BCUT2D eigenvalue weighted by atomic mass is 16.7. The normalized spacial score (nSPS) is 18.0. The summed E-state index contributed by atoms with van der Waals surface area (Å²) >= 11 is 0. The summed E-state index contributed by atoms with van der Waals surface area (Å²) in [5, 5.41) is 19.0. The van der Waals surface area contributed by atoms with Gasteiger partial charge in [-0.1, -0.05) is 0 Å². The molecule has 9 nitrogen and oxygen atoms in total. The Bertz CT molecular complexity index is 572. The van der Waals surface area contributed by atoms with E-state index in [1.807, 2.05) is 0 Å². The minimum Gasteiger partial charge on any atom is -0.492 e. The maximum atomic E-state index is 12.2. The molecule has 0 radical (unpaired) electrons. The highest BCUT2D eigenvalue weighted by Gasteiger charge is 2.37. The number of hydrogen-bond donors (Lipinski definition) is 3. The monoisotopic (exact) mass is 327 g/mol. The second-order valence-corrected chi connectivity index (χ2v) is 6.23. The molecule has 1 saturated heterocycles. The Labute approximate surface area is 133 Å². The number of carbonyl (C=O) groups excluding carboxylic acids is 2. The SMILES string of the molecule is CC(C)(C)ONC(=O)N1CCC[C@H]1C(=O)On1c(O)ccc1O. The Morgan fingerprint density at radius 1 is 1.26 bits per heavy atom. The van der Waals surface area contributed by atoms with Crippen LogP contribution in [0.3, 0.4) is 0 Å². The highest BCUT2D eigenvalue weighted by Crippen LogP contribution is 2.22. The van der Waals surface area contributed by atoms with Crippen molar-refractivity contribution in [3.63, 3.8) is 0 Å². The van der Waals surface area contributed by atoms with Gasteiger partial charge in [-0.2, -0.15) is 0 Å². The van der Waals surface area contributed by atoms with Gasteiger partial charge in [-0.3, -0.25) is 4.84 Å². The Morgan fingerprint density at radius 3 is 2.43 bits per heavy atom. The second kappa shape index (κ2) is 6.37. The number of hydrogen-bond acceptors (Lipinski definition) is 6. The van der Waals surface area contributed by atoms with E-state index in [0.717, 1.165) is 0 Å². The van der Waals surface area contributed by atoms with Crippen molar-refractivity contribution in [1.82, 2.24) is 15.1 Å². The molecule has 1 atom stereocenters. The molecule has 1 aliphatic rings. The van der Waals surface area contributed by atoms with E-state index in [1.165, 1.54) is 17.0 Å².